The van der Waals surface area contributed by atoms with E-state index in [1.807, 2.05) is 42.8 Å². The van der Waals surface area contributed by atoms with Crippen LogP contribution in [0.5, 0.6) is 0 Å². The molecule has 0 unspecified atom stereocenters. The zero-order valence-electron chi connectivity index (χ0n) is 14.2. The predicted octanol–water partition coefficient (Wildman–Crippen LogP) is 4.31. The maximum atomic E-state index is 13.7. The molecular weight excluding hydrogens is 375 g/mol. The first kappa shape index (κ1) is 18.4. The lowest BCUT2D eigenvalue weighted by Gasteiger charge is -2.07. The molecule has 26 heavy (non-hydrogen) atoms. The van der Waals surface area contributed by atoms with Crippen LogP contribution in [0.4, 0.5) is 10.1 Å². The number of thioether (sulfide) groups is 1. The van der Waals surface area contributed by atoms with Crippen LogP contribution in [0.25, 0.3) is 11.4 Å². The summed E-state index contributed by atoms with van der Waals surface area (Å²) in [5.74, 6) is -0.0934. The minimum Gasteiger partial charge on any atom is -0.323 e. The lowest BCUT2D eigenvalue weighted by atomic mass is 10.1. The number of nitrogens with one attached hydrogen (secondary N) is 1. The van der Waals surface area contributed by atoms with Gasteiger partial charge in [-0.05, 0) is 25.1 Å². The highest BCUT2D eigenvalue weighted by atomic mass is 35.5. The van der Waals surface area contributed by atoms with Crippen LogP contribution < -0.4 is 5.32 Å². The Morgan fingerprint density at radius 3 is 2.69 bits per heavy atom. The van der Waals surface area contributed by atoms with E-state index in [1.54, 1.807) is 0 Å². The fraction of sp³-hybridized carbons (Fsp3) is 0.167. The molecule has 0 saturated heterocycles. The average Bonchev–Trinajstić information content (AvgIpc) is 2.98. The Morgan fingerprint density at radius 2 is 1.96 bits per heavy atom. The molecule has 0 aliphatic heterocycles. The number of halogens is 2. The molecule has 3 rings (SSSR count). The number of anilines is 1. The molecule has 8 heteroatoms. The van der Waals surface area contributed by atoms with E-state index in [0.29, 0.717) is 16.0 Å². The Labute approximate surface area is 159 Å². The summed E-state index contributed by atoms with van der Waals surface area (Å²) in [7, 11) is 1.84. The van der Waals surface area contributed by atoms with Crippen molar-refractivity contribution in [2.24, 2.45) is 7.05 Å². The van der Waals surface area contributed by atoms with E-state index in [1.165, 1.54) is 30.0 Å². The van der Waals surface area contributed by atoms with Gasteiger partial charge in [-0.3, -0.25) is 4.79 Å². The van der Waals surface area contributed by atoms with E-state index < -0.39 is 5.82 Å². The highest BCUT2D eigenvalue weighted by molar-refractivity contribution is 7.99. The topological polar surface area (TPSA) is 59.8 Å². The Morgan fingerprint density at radius 1 is 1.23 bits per heavy atom. The summed E-state index contributed by atoms with van der Waals surface area (Å²) in [6.07, 6.45) is 0. The number of hydrogen-bond donors (Lipinski definition) is 1. The summed E-state index contributed by atoms with van der Waals surface area (Å²) >= 11 is 7.04. The third-order valence-corrected chi connectivity index (χ3v) is 4.93. The van der Waals surface area contributed by atoms with Crippen molar-refractivity contribution in [2.75, 3.05) is 11.1 Å². The van der Waals surface area contributed by atoms with Crippen molar-refractivity contribution in [1.82, 2.24) is 14.8 Å². The summed E-state index contributed by atoms with van der Waals surface area (Å²) in [5, 5.41) is 11.8. The third-order valence-electron chi connectivity index (χ3n) is 3.68. The molecular formula is C18H16ClFN4OS. The zero-order valence-corrected chi connectivity index (χ0v) is 15.7. The second-order valence-electron chi connectivity index (χ2n) is 5.69. The van der Waals surface area contributed by atoms with Crippen LogP contribution in [0.2, 0.25) is 5.02 Å². The number of carbonyl (C=O) groups is 1. The molecule has 1 N–H and O–H groups in total. The molecule has 0 bridgehead atoms. The number of hydrogen-bond acceptors (Lipinski definition) is 4. The number of aromatic nitrogens is 3. The predicted molar refractivity (Wildman–Crippen MR) is 102 cm³/mol. The lowest BCUT2D eigenvalue weighted by molar-refractivity contribution is -0.113. The maximum Gasteiger partial charge on any atom is 0.234 e. The fourth-order valence-electron chi connectivity index (χ4n) is 2.30. The first-order valence-electron chi connectivity index (χ1n) is 7.78. The molecule has 3 aromatic rings. The van der Waals surface area contributed by atoms with Gasteiger partial charge < -0.3 is 9.88 Å². The van der Waals surface area contributed by atoms with Crippen LogP contribution in [0.15, 0.2) is 47.6 Å². The van der Waals surface area contributed by atoms with E-state index in [4.69, 9.17) is 11.6 Å². The number of nitrogens with zero attached hydrogens (tertiary/aromatic N) is 3. The molecule has 1 amide bonds. The van der Waals surface area contributed by atoms with Gasteiger partial charge in [0, 0.05) is 17.6 Å². The van der Waals surface area contributed by atoms with E-state index >= 15 is 0 Å². The van der Waals surface area contributed by atoms with E-state index in [-0.39, 0.29) is 17.3 Å². The van der Waals surface area contributed by atoms with E-state index in [9.17, 15) is 9.18 Å². The van der Waals surface area contributed by atoms with Crippen LogP contribution in [-0.4, -0.2) is 26.4 Å². The van der Waals surface area contributed by atoms with Crippen molar-refractivity contribution in [1.29, 1.82) is 0 Å². The second kappa shape index (κ2) is 7.88. The SMILES string of the molecule is Cc1ccc(-c2nnc(SCC(=O)Nc3cc(Cl)ccc3F)n2C)cc1. The van der Waals surface area contributed by atoms with Crippen LogP contribution in [-0.2, 0) is 11.8 Å². The number of rotatable bonds is 5. The highest BCUT2D eigenvalue weighted by Gasteiger charge is 2.14. The van der Waals surface area contributed by atoms with Crippen molar-refractivity contribution in [3.63, 3.8) is 0 Å². The van der Waals surface area contributed by atoms with Crippen molar-refractivity contribution in [3.05, 3.63) is 58.9 Å². The van der Waals surface area contributed by atoms with Crippen molar-refractivity contribution in [3.8, 4) is 11.4 Å². The second-order valence-corrected chi connectivity index (χ2v) is 7.07. The van der Waals surface area contributed by atoms with Crippen LogP contribution in [0.3, 0.4) is 0 Å². The number of benzene rings is 2. The number of carbonyl (C=O) groups excluding carboxylic acids is 1. The Kier molecular flexibility index (Phi) is 5.58. The maximum absolute atomic E-state index is 13.7. The molecule has 134 valence electrons. The average molecular weight is 391 g/mol. The molecule has 2 aromatic carbocycles. The molecule has 1 heterocycles. The van der Waals surface area contributed by atoms with Gasteiger partial charge in [0.15, 0.2) is 11.0 Å². The van der Waals surface area contributed by atoms with Gasteiger partial charge in [-0.2, -0.15) is 0 Å². The zero-order chi connectivity index (χ0) is 18.7. The van der Waals surface area contributed by atoms with Crippen LogP contribution in [0.1, 0.15) is 5.56 Å². The first-order chi connectivity index (χ1) is 12.4. The molecule has 0 saturated carbocycles. The Balaban J connectivity index is 1.65. The van der Waals surface area contributed by atoms with Crippen molar-refractivity contribution >= 4 is 35.0 Å². The summed E-state index contributed by atoms with van der Waals surface area (Å²) in [5.41, 5.74) is 2.17. The highest BCUT2D eigenvalue weighted by Crippen LogP contribution is 2.24. The standard InChI is InChI=1S/C18H16ClFN4OS/c1-11-3-5-12(6-4-11)17-22-23-18(24(17)2)26-10-16(25)21-15-9-13(19)7-8-14(15)20/h3-9H,10H2,1-2H3,(H,21,25). The molecule has 1 aromatic heterocycles. The molecule has 0 fully saturated rings. The van der Waals surface area contributed by atoms with Gasteiger partial charge in [0.05, 0.1) is 11.4 Å². The van der Waals surface area contributed by atoms with E-state index in [0.717, 1.165) is 11.1 Å². The first-order valence-corrected chi connectivity index (χ1v) is 9.14. The van der Waals surface area contributed by atoms with Crippen molar-refractivity contribution in [2.45, 2.75) is 12.1 Å². The molecule has 0 aliphatic rings. The Hall–Kier alpha value is -2.38. The van der Waals surface area contributed by atoms with Gasteiger partial charge in [-0.15, -0.1) is 10.2 Å². The minimum absolute atomic E-state index is 0.0569. The molecule has 0 spiro atoms. The van der Waals surface area contributed by atoms with Gasteiger partial charge in [-0.25, -0.2) is 4.39 Å². The van der Waals surface area contributed by atoms with Gasteiger partial charge in [-0.1, -0.05) is 53.2 Å². The summed E-state index contributed by atoms with van der Waals surface area (Å²) < 4.78 is 15.5. The summed E-state index contributed by atoms with van der Waals surface area (Å²) in [4.78, 5) is 12.1. The van der Waals surface area contributed by atoms with Gasteiger partial charge in [0.25, 0.3) is 0 Å². The van der Waals surface area contributed by atoms with E-state index in [2.05, 4.69) is 15.5 Å². The monoisotopic (exact) mass is 390 g/mol. The Bertz CT molecular complexity index is 943. The normalized spacial score (nSPS) is 10.8. The fourth-order valence-corrected chi connectivity index (χ4v) is 3.19. The minimum atomic E-state index is -0.534. The number of aryl methyl sites for hydroxylation is 1. The summed E-state index contributed by atoms with van der Waals surface area (Å²) in [6, 6.07) is 12.0. The van der Waals surface area contributed by atoms with Gasteiger partial charge in [0.1, 0.15) is 5.82 Å². The molecule has 0 atom stereocenters. The van der Waals surface area contributed by atoms with Gasteiger partial charge >= 0.3 is 0 Å². The molecule has 0 radical (unpaired) electrons. The molecule has 0 aliphatic carbocycles. The van der Waals surface area contributed by atoms with Crippen LogP contribution in [0, 0.1) is 12.7 Å². The lowest BCUT2D eigenvalue weighted by Crippen LogP contribution is -2.15. The largest absolute Gasteiger partial charge is 0.323 e. The van der Waals surface area contributed by atoms with Gasteiger partial charge in [0.2, 0.25) is 5.91 Å². The summed E-state index contributed by atoms with van der Waals surface area (Å²) in [6.45, 7) is 2.02. The number of amides is 1. The third kappa shape index (κ3) is 4.23. The smallest absolute Gasteiger partial charge is 0.234 e. The quantitative estimate of drug-likeness (QED) is 0.659. The molecule has 5 nitrogen and oxygen atoms in total. The van der Waals surface area contributed by atoms with Crippen LogP contribution >= 0.6 is 23.4 Å². The van der Waals surface area contributed by atoms with Crippen molar-refractivity contribution < 1.29 is 9.18 Å².